The van der Waals surface area contributed by atoms with Gasteiger partial charge in [-0.05, 0) is 40.9 Å². The minimum atomic E-state index is -0.253. The molecule has 0 spiro atoms. The highest BCUT2D eigenvalue weighted by Crippen LogP contribution is 2.32. The molecule has 19 heavy (non-hydrogen) atoms. The molecule has 0 aliphatic carbocycles. The molecule has 0 N–H and O–H groups in total. The number of ether oxygens (including phenoxy) is 4. The fraction of sp³-hybridized carbons (Fsp3) is 0.571. The average Bonchev–Trinajstić information content (AvgIpc) is 2.96. The van der Waals surface area contributed by atoms with E-state index in [2.05, 4.69) is 15.9 Å². The molecule has 5 heteroatoms. The molecule has 0 radical (unpaired) electrons. The smallest absolute Gasteiger partial charge is 0.199 e. The van der Waals surface area contributed by atoms with Crippen LogP contribution in [0.5, 0.6) is 5.75 Å². The van der Waals surface area contributed by atoms with E-state index in [-0.39, 0.29) is 12.6 Å². The summed E-state index contributed by atoms with van der Waals surface area (Å²) in [6, 6.07) is 5.88. The van der Waals surface area contributed by atoms with Gasteiger partial charge < -0.3 is 18.9 Å². The first-order chi connectivity index (χ1) is 9.33. The molecule has 4 nitrogen and oxygen atoms in total. The Balaban J connectivity index is 1.68. The molecule has 1 unspecified atom stereocenters. The highest BCUT2D eigenvalue weighted by molar-refractivity contribution is 9.10. The monoisotopic (exact) mass is 328 g/mol. The lowest BCUT2D eigenvalue weighted by atomic mass is 10.2. The standard InChI is InChI=1S/C14H17BrO4/c15-11-9-10(14-17-7-8-18-14)4-5-12(11)19-13-3-1-2-6-16-13/h4-5,9,13-14H,1-3,6-8H2. The van der Waals surface area contributed by atoms with Crippen molar-refractivity contribution in [3.05, 3.63) is 28.2 Å². The van der Waals surface area contributed by atoms with Gasteiger partial charge in [-0.2, -0.15) is 0 Å². The molecule has 0 bridgehead atoms. The van der Waals surface area contributed by atoms with E-state index in [1.54, 1.807) is 0 Å². The Labute approximate surface area is 121 Å². The average molecular weight is 329 g/mol. The Morgan fingerprint density at radius 3 is 2.58 bits per heavy atom. The maximum atomic E-state index is 5.85. The fourth-order valence-electron chi connectivity index (χ4n) is 2.26. The van der Waals surface area contributed by atoms with Crippen LogP contribution in [0, 0.1) is 0 Å². The number of hydrogen-bond donors (Lipinski definition) is 0. The van der Waals surface area contributed by atoms with E-state index < -0.39 is 0 Å². The predicted octanol–water partition coefficient (Wildman–Crippen LogP) is 3.40. The van der Waals surface area contributed by atoms with Crippen LogP contribution in [0.2, 0.25) is 0 Å². The Hall–Kier alpha value is -0.620. The molecule has 2 aliphatic heterocycles. The van der Waals surface area contributed by atoms with Gasteiger partial charge in [0.15, 0.2) is 12.6 Å². The minimum absolute atomic E-state index is 0.130. The summed E-state index contributed by atoms with van der Waals surface area (Å²) in [5.41, 5.74) is 1.00. The normalized spacial score (nSPS) is 24.6. The van der Waals surface area contributed by atoms with Crippen molar-refractivity contribution < 1.29 is 18.9 Å². The summed E-state index contributed by atoms with van der Waals surface area (Å²) >= 11 is 3.53. The van der Waals surface area contributed by atoms with Crippen molar-refractivity contribution in [2.24, 2.45) is 0 Å². The lowest BCUT2D eigenvalue weighted by molar-refractivity contribution is -0.106. The van der Waals surface area contributed by atoms with Crippen LogP contribution in [0.15, 0.2) is 22.7 Å². The van der Waals surface area contributed by atoms with E-state index in [0.717, 1.165) is 41.7 Å². The molecule has 2 fully saturated rings. The van der Waals surface area contributed by atoms with Crippen LogP contribution in [0.1, 0.15) is 31.1 Å². The molecule has 2 heterocycles. The van der Waals surface area contributed by atoms with E-state index >= 15 is 0 Å². The van der Waals surface area contributed by atoms with Gasteiger partial charge in [0.25, 0.3) is 0 Å². The third-order valence-corrected chi connectivity index (χ3v) is 3.87. The highest BCUT2D eigenvalue weighted by atomic mass is 79.9. The summed E-state index contributed by atoms with van der Waals surface area (Å²) in [6.45, 7) is 2.08. The first-order valence-electron chi connectivity index (χ1n) is 6.64. The molecule has 1 atom stereocenters. The lowest BCUT2D eigenvalue weighted by Crippen LogP contribution is -2.25. The zero-order chi connectivity index (χ0) is 13.1. The molecular formula is C14H17BrO4. The molecule has 1 aromatic rings. The molecule has 0 aromatic heterocycles. The Bertz CT molecular complexity index is 425. The van der Waals surface area contributed by atoms with Crippen LogP contribution in [-0.4, -0.2) is 26.1 Å². The lowest BCUT2D eigenvalue weighted by Gasteiger charge is -2.24. The van der Waals surface area contributed by atoms with Gasteiger partial charge >= 0.3 is 0 Å². The van der Waals surface area contributed by atoms with Gasteiger partial charge in [0.1, 0.15) is 5.75 Å². The van der Waals surface area contributed by atoms with E-state index in [0.29, 0.717) is 13.2 Å². The third kappa shape index (κ3) is 3.28. The van der Waals surface area contributed by atoms with Gasteiger partial charge in [0.2, 0.25) is 0 Å². The largest absolute Gasteiger partial charge is 0.464 e. The van der Waals surface area contributed by atoms with Crippen LogP contribution in [-0.2, 0) is 14.2 Å². The topological polar surface area (TPSA) is 36.9 Å². The number of hydrogen-bond acceptors (Lipinski definition) is 4. The minimum Gasteiger partial charge on any atom is -0.464 e. The molecular weight excluding hydrogens is 312 g/mol. The van der Waals surface area contributed by atoms with Crippen molar-refractivity contribution in [2.45, 2.75) is 31.8 Å². The SMILES string of the molecule is Brc1cc(C2OCCO2)ccc1OC1CCCCO1. The molecule has 2 saturated heterocycles. The second-order valence-corrected chi connectivity index (χ2v) is 5.53. The fourth-order valence-corrected chi connectivity index (χ4v) is 2.75. The van der Waals surface area contributed by atoms with Gasteiger partial charge in [-0.15, -0.1) is 0 Å². The van der Waals surface area contributed by atoms with E-state index in [4.69, 9.17) is 18.9 Å². The predicted molar refractivity (Wildman–Crippen MR) is 73.0 cm³/mol. The number of rotatable bonds is 3. The quantitative estimate of drug-likeness (QED) is 0.852. The second-order valence-electron chi connectivity index (χ2n) is 4.68. The third-order valence-electron chi connectivity index (χ3n) is 3.25. The van der Waals surface area contributed by atoms with Crippen LogP contribution >= 0.6 is 15.9 Å². The van der Waals surface area contributed by atoms with Gasteiger partial charge in [0.05, 0.1) is 24.3 Å². The van der Waals surface area contributed by atoms with Gasteiger partial charge in [0, 0.05) is 12.0 Å². The van der Waals surface area contributed by atoms with Gasteiger partial charge in [-0.1, -0.05) is 6.07 Å². The van der Waals surface area contributed by atoms with Crippen molar-refractivity contribution in [2.75, 3.05) is 19.8 Å². The molecule has 0 saturated carbocycles. The van der Waals surface area contributed by atoms with E-state index in [1.807, 2.05) is 18.2 Å². The maximum Gasteiger partial charge on any atom is 0.199 e. The Morgan fingerprint density at radius 1 is 1.05 bits per heavy atom. The zero-order valence-corrected chi connectivity index (χ0v) is 12.2. The zero-order valence-electron chi connectivity index (χ0n) is 10.6. The first-order valence-corrected chi connectivity index (χ1v) is 7.43. The van der Waals surface area contributed by atoms with Crippen LogP contribution in [0.3, 0.4) is 0 Å². The Morgan fingerprint density at radius 2 is 1.89 bits per heavy atom. The summed E-state index contributed by atoms with van der Waals surface area (Å²) in [7, 11) is 0. The van der Waals surface area contributed by atoms with Gasteiger partial charge in [-0.25, -0.2) is 0 Å². The molecule has 104 valence electrons. The summed E-state index contributed by atoms with van der Waals surface area (Å²) in [4.78, 5) is 0. The molecule has 1 aromatic carbocycles. The summed E-state index contributed by atoms with van der Waals surface area (Å²) < 4.78 is 23.3. The number of halogens is 1. The molecule has 3 rings (SSSR count). The summed E-state index contributed by atoms with van der Waals surface area (Å²) in [6.07, 6.45) is 2.84. The van der Waals surface area contributed by atoms with Crippen LogP contribution in [0.25, 0.3) is 0 Å². The maximum absolute atomic E-state index is 5.85. The summed E-state index contributed by atoms with van der Waals surface area (Å²) in [5, 5.41) is 0. The first kappa shape index (κ1) is 13.4. The van der Waals surface area contributed by atoms with E-state index in [9.17, 15) is 0 Å². The number of benzene rings is 1. The molecule has 0 amide bonds. The van der Waals surface area contributed by atoms with Crippen molar-refractivity contribution in [3.63, 3.8) is 0 Å². The Kier molecular flexibility index (Phi) is 4.38. The molecule has 2 aliphatic rings. The van der Waals surface area contributed by atoms with Crippen molar-refractivity contribution in [1.29, 1.82) is 0 Å². The van der Waals surface area contributed by atoms with Crippen LogP contribution < -0.4 is 4.74 Å². The van der Waals surface area contributed by atoms with Crippen molar-refractivity contribution in [1.82, 2.24) is 0 Å². The van der Waals surface area contributed by atoms with Crippen LogP contribution in [0.4, 0.5) is 0 Å². The highest BCUT2D eigenvalue weighted by Gasteiger charge is 2.21. The van der Waals surface area contributed by atoms with Crippen molar-refractivity contribution >= 4 is 15.9 Å². The summed E-state index contributed by atoms with van der Waals surface area (Å²) in [5.74, 6) is 0.800. The van der Waals surface area contributed by atoms with E-state index in [1.165, 1.54) is 0 Å². The van der Waals surface area contributed by atoms with Gasteiger partial charge in [-0.3, -0.25) is 0 Å². The van der Waals surface area contributed by atoms with Crippen molar-refractivity contribution in [3.8, 4) is 5.75 Å². The second kappa shape index (κ2) is 6.22.